The molecule has 2 rings (SSSR count). The highest BCUT2D eigenvalue weighted by Gasteiger charge is 2.31. The van der Waals surface area contributed by atoms with Gasteiger partial charge in [-0.05, 0) is 12.1 Å². The minimum atomic E-state index is -4.62. The summed E-state index contributed by atoms with van der Waals surface area (Å²) in [6, 6.07) is 6.18. The predicted molar refractivity (Wildman–Crippen MR) is 87.9 cm³/mol. The molecule has 0 aliphatic rings. The van der Waals surface area contributed by atoms with Crippen molar-refractivity contribution in [1.82, 2.24) is 9.99 Å². The van der Waals surface area contributed by atoms with Gasteiger partial charge in [0, 0.05) is 17.8 Å². The van der Waals surface area contributed by atoms with Crippen molar-refractivity contribution in [1.29, 1.82) is 0 Å². The Morgan fingerprint density at radius 3 is 2.64 bits per heavy atom. The van der Waals surface area contributed by atoms with Crippen LogP contribution in [0.2, 0.25) is 10.0 Å². The van der Waals surface area contributed by atoms with Gasteiger partial charge in [-0.1, -0.05) is 35.3 Å². The summed E-state index contributed by atoms with van der Waals surface area (Å²) in [5.41, 5.74) is 0.757. The average molecular weight is 392 g/mol. The Hall–Kier alpha value is -2.32. The second-order valence-corrected chi connectivity index (χ2v) is 5.60. The van der Waals surface area contributed by atoms with Crippen LogP contribution >= 0.6 is 23.2 Å². The Labute approximate surface area is 149 Å². The molecule has 1 N–H and O–H groups in total. The number of amides is 1. The Kier molecular flexibility index (Phi) is 5.86. The van der Waals surface area contributed by atoms with Crippen molar-refractivity contribution in [2.24, 2.45) is 5.10 Å². The van der Waals surface area contributed by atoms with Crippen molar-refractivity contribution in [2.75, 3.05) is 0 Å². The quantitative estimate of drug-likeness (QED) is 0.641. The van der Waals surface area contributed by atoms with Crippen molar-refractivity contribution in [3.8, 4) is 0 Å². The number of pyridine rings is 1. The van der Waals surface area contributed by atoms with Gasteiger partial charge in [0.15, 0.2) is 0 Å². The minimum absolute atomic E-state index is 0.233. The van der Waals surface area contributed by atoms with Gasteiger partial charge < -0.3 is 4.57 Å². The van der Waals surface area contributed by atoms with Gasteiger partial charge in [-0.3, -0.25) is 9.59 Å². The molecule has 5 nitrogen and oxygen atoms in total. The number of rotatable bonds is 4. The van der Waals surface area contributed by atoms with Crippen LogP contribution in [0, 0.1) is 0 Å². The van der Waals surface area contributed by atoms with Gasteiger partial charge in [-0.2, -0.15) is 18.3 Å². The zero-order chi connectivity index (χ0) is 18.6. The molecule has 0 atom stereocenters. The maximum Gasteiger partial charge on any atom is 0.417 e. The van der Waals surface area contributed by atoms with Crippen molar-refractivity contribution >= 4 is 35.3 Å². The molecule has 0 saturated heterocycles. The Morgan fingerprint density at radius 1 is 1.24 bits per heavy atom. The number of nitrogens with zero attached hydrogens (tertiary/aromatic N) is 2. The standard InChI is InChI=1S/C15H10Cl2F3N3O2/c16-11-3-1-2-9(14(11)17)6-21-22-12(24)8-23-7-10(15(18,19)20)4-5-13(23)25/h1-7H,8H2,(H,22,24)/b21-6+. The van der Waals surface area contributed by atoms with Crippen LogP contribution in [0.5, 0.6) is 0 Å². The number of carbonyl (C=O) groups excluding carboxylic acids is 1. The molecular formula is C15H10Cl2F3N3O2. The topological polar surface area (TPSA) is 63.5 Å². The molecule has 1 amide bonds. The summed E-state index contributed by atoms with van der Waals surface area (Å²) in [7, 11) is 0. The smallest absolute Gasteiger partial charge is 0.305 e. The molecule has 0 unspecified atom stereocenters. The van der Waals surface area contributed by atoms with Crippen molar-refractivity contribution in [3.05, 3.63) is 68.1 Å². The highest BCUT2D eigenvalue weighted by atomic mass is 35.5. The number of hydrogen-bond acceptors (Lipinski definition) is 3. The summed E-state index contributed by atoms with van der Waals surface area (Å²) in [6.07, 6.45) is -2.83. The first-order chi connectivity index (χ1) is 11.7. The molecule has 0 radical (unpaired) electrons. The van der Waals surface area contributed by atoms with Crippen LogP contribution in [0.4, 0.5) is 13.2 Å². The number of halogens is 5. The summed E-state index contributed by atoms with van der Waals surface area (Å²) in [6.45, 7) is -0.622. The normalized spacial score (nSPS) is 11.7. The lowest BCUT2D eigenvalue weighted by Gasteiger charge is -2.09. The van der Waals surface area contributed by atoms with Crippen LogP contribution in [0.1, 0.15) is 11.1 Å². The van der Waals surface area contributed by atoms with Gasteiger partial charge >= 0.3 is 6.18 Å². The molecule has 132 valence electrons. The molecule has 25 heavy (non-hydrogen) atoms. The van der Waals surface area contributed by atoms with Crippen LogP contribution in [0.15, 0.2) is 46.4 Å². The molecule has 1 aromatic heterocycles. The summed E-state index contributed by atoms with van der Waals surface area (Å²) in [4.78, 5) is 23.3. The lowest BCUT2D eigenvalue weighted by atomic mass is 10.2. The van der Waals surface area contributed by atoms with E-state index in [4.69, 9.17) is 23.2 Å². The zero-order valence-corrected chi connectivity index (χ0v) is 13.9. The second-order valence-electron chi connectivity index (χ2n) is 4.82. The van der Waals surface area contributed by atoms with E-state index in [0.29, 0.717) is 27.4 Å². The molecule has 0 aliphatic carbocycles. The SMILES string of the molecule is O=C(Cn1cc(C(F)(F)F)ccc1=O)N/N=C/c1cccc(Cl)c1Cl. The number of alkyl halides is 3. The number of hydrazone groups is 1. The molecule has 0 spiro atoms. The lowest BCUT2D eigenvalue weighted by Crippen LogP contribution is -2.30. The largest absolute Gasteiger partial charge is 0.417 e. The Bertz CT molecular complexity index is 879. The van der Waals surface area contributed by atoms with Crippen molar-refractivity contribution < 1.29 is 18.0 Å². The first kappa shape index (κ1) is 19.0. The third-order valence-corrected chi connectivity index (χ3v) is 3.83. The van der Waals surface area contributed by atoms with Crippen LogP contribution in [0.3, 0.4) is 0 Å². The van der Waals surface area contributed by atoms with Crippen LogP contribution < -0.4 is 11.0 Å². The number of benzene rings is 1. The molecular weight excluding hydrogens is 382 g/mol. The summed E-state index contributed by atoms with van der Waals surface area (Å²) < 4.78 is 38.5. The van der Waals surface area contributed by atoms with E-state index < -0.39 is 29.8 Å². The van der Waals surface area contributed by atoms with Gasteiger partial charge in [-0.25, -0.2) is 5.43 Å². The zero-order valence-electron chi connectivity index (χ0n) is 12.3. The monoisotopic (exact) mass is 391 g/mol. The summed E-state index contributed by atoms with van der Waals surface area (Å²) in [5.74, 6) is -0.782. The Morgan fingerprint density at radius 2 is 1.96 bits per heavy atom. The molecule has 0 saturated carbocycles. The number of hydrogen-bond donors (Lipinski definition) is 1. The number of carbonyl (C=O) groups is 1. The predicted octanol–water partition coefficient (Wildman–Crippen LogP) is 3.32. The summed E-state index contributed by atoms with van der Waals surface area (Å²) in [5, 5.41) is 4.17. The van der Waals surface area contributed by atoms with Crippen LogP contribution in [-0.2, 0) is 17.5 Å². The molecule has 1 heterocycles. The van der Waals surface area contributed by atoms with E-state index >= 15 is 0 Å². The molecule has 1 aromatic carbocycles. The number of nitrogens with one attached hydrogen (secondary N) is 1. The van der Waals surface area contributed by atoms with Gasteiger partial charge in [0.25, 0.3) is 11.5 Å². The summed E-state index contributed by atoms with van der Waals surface area (Å²) >= 11 is 11.8. The van der Waals surface area contributed by atoms with E-state index in [0.717, 1.165) is 6.07 Å². The molecule has 10 heteroatoms. The highest BCUT2D eigenvalue weighted by Crippen LogP contribution is 2.28. The third kappa shape index (κ3) is 5.07. The fourth-order valence-corrected chi connectivity index (χ4v) is 2.16. The molecule has 2 aromatic rings. The van der Waals surface area contributed by atoms with E-state index in [1.54, 1.807) is 18.2 Å². The average Bonchev–Trinajstić information content (AvgIpc) is 2.52. The van der Waals surface area contributed by atoms with E-state index in [2.05, 4.69) is 10.5 Å². The van der Waals surface area contributed by atoms with Gasteiger partial charge in [-0.15, -0.1) is 0 Å². The van der Waals surface area contributed by atoms with Crippen molar-refractivity contribution in [2.45, 2.75) is 12.7 Å². The third-order valence-electron chi connectivity index (χ3n) is 3.00. The van der Waals surface area contributed by atoms with E-state index in [9.17, 15) is 22.8 Å². The fraction of sp³-hybridized carbons (Fsp3) is 0.133. The molecule has 0 bridgehead atoms. The van der Waals surface area contributed by atoms with E-state index in [-0.39, 0.29) is 5.02 Å². The number of aromatic nitrogens is 1. The van der Waals surface area contributed by atoms with Gasteiger partial charge in [0.1, 0.15) is 6.54 Å². The highest BCUT2D eigenvalue weighted by molar-refractivity contribution is 6.43. The van der Waals surface area contributed by atoms with E-state index in [1.807, 2.05) is 0 Å². The van der Waals surface area contributed by atoms with Crippen LogP contribution in [0.25, 0.3) is 0 Å². The fourth-order valence-electron chi connectivity index (χ4n) is 1.81. The Balaban J connectivity index is 2.07. The second kappa shape index (κ2) is 7.71. The maximum absolute atomic E-state index is 12.6. The lowest BCUT2D eigenvalue weighted by molar-refractivity contribution is -0.138. The first-order valence-electron chi connectivity index (χ1n) is 6.72. The maximum atomic E-state index is 12.6. The molecule has 0 fully saturated rings. The van der Waals surface area contributed by atoms with Crippen LogP contribution in [-0.4, -0.2) is 16.7 Å². The molecule has 0 aliphatic heterocycles. The van der Waals surface area contributed by atoms with E-state index in [1.165, 1.54) is 6.21 Å². The first-order valence-corrected chi connectivity index (χ1v) is 7.47. The van der Waals surface area contributed by atoms with Crippen molar-refractivity contribution in [3.63, 3.8) is 0 Å². The van der Waals surface area contributed by atoms with Gasteiger partial charge in [0.2, 0.25) is 0 Å². The van der Waals surface area contributed by atoms with Gasteiger partial charge in [0.05, 0.1) is 21.8 Å². The minimum Gasteiger partial charge on any atom is -0.305 e.